The molecule has 3 heterocycles. The number of methoxy groups -OCH3 is 2. The van der Waals surface area contributed by atoms with E-state index in [1.165, 1.54) is 19.1 Å². The number of hydrogen-bond acceptors (Lipinski definition) is 9. The number of rotatable bonds is 5. The van der Waals surface area contributed by atoms with Gasteiger partial charge in [0.25, 0.3) is 0 Å². The van der Waals surface area contributed by atoms with Crippen LogP contribution in [-0.2, 0) is 35.0 Å². The Morgan fingerprint density at radius 3 is 2.68 bits per heavy atom. The summed E-state index contributed by atoms with van der Waals surface area (Å²) in [7, 11) is 4.53. The molecular weight excluding hydrogens is 592 g/mol. The van der Waals surface area contributed by atoms with Crippen molar-refractivity contribution < 1.29 is 43.2 Å². The molecule has 2 amide bonds. The Hall–Kier alpha value is -3.38. The number of alkyl carbamates (subject to hydrolysis) is 1. The van der Waals surface area contributed by atoms with Crippen LogP contribution in [0.2, 0.25) is 5.02 Å². The molecule has 0 spiro atoms. The second-order valence-electron chi connectivity index (χ2n) is 11.6. The van der Waals surface area contributed by atoms with E-state index in [0.717, 1.165) is 11.1 Å². The molecule has 0 saturated carbocycles. The quantitative estimate of drug-likeness (QED) is 0.277. The number of nitrogens with one attached hydrogen (secondary N) is 1. The number of anilines is 1. The van der Waals surface area contributed by atoms with E-state index in [9.17, 15) is 19.5 Å². The van der Waals surface area contributed by atoms with Gasteiger partial charge in [-0.1, -0.05) is 48.4 Å². The van der Waals surface area contributed by atoms with Gasteiger partial charge in [-0.2, -0.15) is 0 Å². The summed E-state index contributed by atoms with van der Waals surface area (Å²) in [6, 6.07) is 3.62. The highest BCUT2D eigenvalue weighted by atomic mass is 35.5. The maximum atomic E-state index is 13.8. The third-order valence-electron chi connectivity index (χ3n) is 8.50. The lowest BCUT2D eigenvalue weighted by molar-refractivity contribution is -0.153. The molecule has 1 aromatic rings. The van der Waals surface area contributed by atoms with Crippen LogP contribution in [0.1, 0.15) is 45.6 Å². The van der Waals surface area contributed by atoms with Gasteiger partial charge in [0.2, 0.25) is 5.91 Å². The number of amides is 2. The molecule has 2 fully saturated rings. The molecule has 11 nitrogen and oxygen atoms in total. The second-order valence-corrected chi connectivity index (χ2v) is 12.0. The minimum absolute atomic E-state index is 0.0535. The van der Waals surface area contributed by atoms with Gasteiger partial charge in [-0.3, -0.25) is 14.9 Å². The lowest BCUT2D eigenvalue weighted by atomic mass is 9.82. The maximum Gasteiger partial charge on any atom is 0.409 e. The first-order chi connectivity index (χ1) is 20.8. The Kier molecular flexibility index (Phi) is 10.1. The van der Waals surface area contributed by atoms with Gasteiger partial charge in [-0.15, -0.1) is 6.58 Å². The molecule has 12 heteroatoms. The van der Waals surface area contributed by atoms with Crippen molar-refractivity contribution in [3.63, 3.8) is 0 Å². The number of esters is 1. The van der Waals surface area contributed by atoms with E-state index in [0.29, 0.717) is 17.9 Å². The van der Waals surface area contributed by atoms with Crippen molar-refractivity contribution in [1.82, 2.24) is 5.32 Å². The zero-order valence-corrected chi connectivity index (χ0v) is 26.7. The SMILES string of the molecule is C=CC1C2CC(O)(NC(=O)O2)C(OC)C=CC=C(C)Cc2cc(OC)c(Cl)c(c2)N(C)C(=O)CC(OC(=O)CC)C2(C)OC12. The van der Waals surface area contributed by atoms with Crippen molar-refractivity contribution in [2.45, 2.75) is 82.2 Å². The number of epoxide rings is 1. The highest BCUT2D eigenvalue weighted by molar-refractivity contribution is 6.35. The molecule has 240 valence electrons. The molecule has 2 saturated heterocycles. The fourth-order valence-electron chi connectivity index (χ4n) is 5.88. The van der Waals surface area contributed by atoms with E-state index < -0.39 is 53.7 Å². The van der Waals surface area contributed by atoms with Gasteiger partial charge in [-0.25, -0.2) is 4.79 Å². The van der Waals surface area contributed by atoms with E-state index in [4.69, 9.17) is 35.3 Å². The number of aliphatic hydroxyl groups is 1. The molecule has 1 aromatic carbocycles. The molecule has 4 bridgehead atoms. The monoisotopic (exact) mass is 632 g/mol. The van der Waals surface area contributed by atoms with Gasteiger partial charge in [0.15, 0.2) is 5.72 Å². The fraction of sp³-hybridized carbons (Fsp3) is 0.531. The first kappa shape index (κ1) is 33.5. The van der Waals surface area contributed by atoms with E-state index in [1.54, 1.807) is 45.2 Å². The van der Waals surface area contributed by atoms with Crippen LogP contribution in [0.4, 0.5) is 10.5 Å². The first-order valence-electron chi connectivity index (χ1n) is 14.5. The molecule has 3 aliphatic heterocycles. The highest BCUT2D eigenvalue weighted by Gasteiger charge is 2.64. The lowest BCUT2D eigenvalue weighted by Gasteiger charge is -2.42. The molecule has 44 heavy (non-hydrogen) atoms. The summed E-state index contributed by atoms with van der Waals surface area (Å²) in [5, 5.41) is 14.4. The number of benzene rings is 1. The number of hydrogen-bond donors (Lipinski definition) is 2. The average molecular weight is 633 g/mol. The molecule has 3 aliphatic rings. The van der Waals surface area contributed by atoms with Gasteiger partial charge < -0.3 is 33.7 Å². The fourth-order valence-corrected chi connectivity index (χ4v) is 6.19. The second kappa shape index (κ2) is 13.3. The van der Waals surface area contributed by atoms with Gasteiger partial charge in [-0.05, 0) is 38.0 Å². The van der Waals surface area contributed by atoms with E-state index >= 15 is 0 Å². The molecule has 0 aliphatic carbocycles. The van der Waals surface area contributed by atoms with E-state index in [2.05, 4.69) is 11.9 Å². The summed E-state index contributed by atoms with van der Waals surface area (Å²) < 4.78 is 28.7. The smallest absolute Gasteiger partial charge is 0.409 e. The number of fused-ring (bicyclic) bond motifs is 5. The van der Waals surface area contributed by atoms with Crippen molar-refractivity contribution >= 4 is 35.3 Å². The molecule has 7 atom stereocenters. The normalized spacial score (nSPS) is 32.5. The van der Waals surface area contributed by atoms with E-state index in [-0.39, 0.29) is 30.2 Å². The maximum absolute atomic E-state index is 13.8. The predicted octanol–water partition coefficient (Wildman–Crippen LogP) is 4.24. The Morgan fingerprint density at radius 2 is 2.05 bits per heavy atom. The summed E-state index contributed by atoms with van der Waals surface area (Å²) in [6.07, 6.45) is 2.90. The molecule has 0 aromatic heterocycles. The third-order valence-corrected chi connectivity index (χ3v) is 8.88. The van der Waals surface area contributed by atoms with Crippen molar-refractivity contribution in [2.24, 2.45) is 5.92 Å². The lowest BCUT2D eigenvalue weighted by Crippen LogP contribution is -2.63. The van der Waals surface area contributed by atoms with Crippen LogP contribution in [0, 0.1) is 5.92 Å². The molecule has 4 rings (SSSR count). The molecule has 7 unspecified atom stereocenters. The highest BCUT2D eigenvalue weighted by Crippen LogP contribution is 2.49. The largest absolute Gasteiger partial charge is 0.495 e. The predicted molar refractivity (Wildman–Crippen MR) is 164 cm³/mol. The Labute approximate surface area is 262 Å². The molecule has 2 N–H and O–H groups in total. The van der Waals surface area contributed by atoms with Crippen LogP contribution in [0.3, 0.4) is 0 Å². The summed E-state index contributed by atoms with van der Waals surface area (Å²) in [4.78, 5) is 40.4. The summed E-state index contributed by atoms with van der Waals surface area (Å²) in [5.41, 5.74) is -0.717. The standard InChI is InChI=1S/C32H41ClN2O9/c1-8-20-23-17-32(39,34-30(38)42-23)24(41-7)12-10-11-18(3)13-19-14-21(28(33)22(15-19)40-6)35(5)26(36)16-25(43-27(37)9-2)31(4)29(20)44-31/h8,10-12,14-15,20,23-25,29,39H,1,9,13,16-17H2,2-7H3,(H,34,38). The first-order valence-corrected chi connectivity index (χ1v) is 14.9. The van der Waals surface area contributed by atoms with Crippen molar-refractivity contribution in [1.29, 1.82) is 0 Å². The summed E-state index contributed by atoms with van der Waals surface area (Å²) >= 11 is 6.67. The average Bonchev–Trinajstić information content (AvgIpc) is 3.66. The Morgan fingerprint density at radius 1 is 1.32 bits per heavy atom. The van der Waals surface area contributed by atoms with Gasteiger partial charge in [0.05, 0.1) is 19.2 Å². The number of ether oxygens (including phenoxy) is 5. The number of allylic oxidation sites excluding steroid dienone is 3. The van der Waals surface area contributed by atoms with Crippen LogP contribution in [0.5, 0.6) is 5.75 Å². The Bertz CT molecular complexity index is 1360. The van der Waals surface area contributed by atoms with Gasteiger partial charge >= 0.3 is 12.1 Å². The van der Waals surface area contributed by atoms with Crippen LogP contribution < -0.4 is 15.0 Å². The van der Waals surface area contributed by atoms with Crippen LogP contribution in [0.25, 0.3) is 0 Å². The topological polar surface area (TPSA) is 136 Å². The number of carbonyl (C=O) groups is 3. The summed E-state index contributed by atoms with van der Waals surface area (Å²) in [6.45, 7) is 9.25. The van der Waals surface area contributed by atoms with Crippen LogP contribution >= 0.6 is 11.6 Å². The van der Waals surface area contributed by atoms with Crippen molar-refractivity contribution in [3.8, 4) is 5.75 Å². The Balaban J connectivity index is 1.82. The van der Waals surface area contributed by atoms with Crippen molar-refractivity contribution in [3.05, 3.63) is 59.2 Å². The molecular formula is C32H41ClN2O9. The number of halogens is 1. The minimum atomic E-state index is -1.81. The number of nitrogens with zero attached hydrogens (tertiary/aromatic N) is 1. The zero-order chi connectivity index (χ0) is 32.4. The van der Waals surface area contributed by atoms with Gasteiger partial charge in [0, 0.05) is 32.9 Å². The minimum Gasteiger partial charge on any atom is -0.495 e. The summed E-state index contributed by atoms with van der Waals surface area (Å²) in [5.74, 6) is -1.09. The molecule has 0 radical (unpaired) electrons. The van der Waals surface area contributed by atoms with Crippen LogP contribution in [0.15, 0.2) is 48.6 Å². The van der Waals surface area contributed by atoms with E-state index in [1.807, 2.05) is 19.1 Å². The zero-order valence-electron chi connectivity index (χ0n) is 25.9. The number of carbonyl (C=O) groups excluding carboxylic acids is 3. The van der Waals surface area contributed by atoms with Crippen molar-refractivity contribution in [2.75, 3.05) is 26.2 Å². The third kappa shape index (κ3) is 6.81. The van der Waals surface area contributed by atoms with Gasteiger partial charge in [0.1, 0.15) is 40.8 Å². The van der Waals surface area contributed by atoms with Crippen LogP contribution in [-0.4, -0.2) is 80.1 Å².